The van der Waals surface area contributed by atoms with Crippen LogP contribution in [0.5, 0.6) is 11.5 Å². The maximum absolute atomic E-state index is 5.75. The molecule has 2 rings (SSSR count). The van der Waals surface area contributed by atoms with Gasteiger partial charge in [0.1, 0.15) is 13.2 Å². The summed E-state index contributed by atoms with van der Waals surface area (Å²) in [6, 6.07) is 6.37. The number of hydrogen-bond acceptors (Lipinski definition) is 4. The largest absolute Gasteiger partial charge is 0.486 e. The van der Waals surface area contributed by atoms with E-state index in [2.05, 4.69) is 31.3 Å². The second kappa shape index (κ2) is 5.80. The highest BCUT2D eigenvalue weighted by Crippen LogP contribution is 2.34. The van der Waals surface area contributed by atoms with Gasteiger partial charge in [0.2, 0.25) is 0 Å². The van der Waals surface area contributed by atoms with Gasteiger partial charge in [-0.3, -0.25) is 0 Å². The maximum Gasteiger partial charge on any atom is 0.161 e. The summed E-state index contributed by atoms with van der Waals surface area (Å²) in [5.41, 5.74) is 7.03. The van der Waals surface area contributed by atoms with Crippen LogP contribution in [0.3, 0.4) is 0 Å². The molecule has 106 valence electrons. The van der Waals surface area contributed by atoms with Crippen molar-refractivity contribution in [3.63, 3.8) is 0 Å². The minimum atomic E-state index is 0.0325. The third kappa shape index (κ3) is 3.61. The number of nitrogens with two attached hydrogens (primary N) is 1. The summed E-state index contributed by atoms with van der Waals surface area (Å²) < 4.78 is 11.2. The van der Waals surface area contributed by atoms with Gasteiger partial charge in [-0.25, -0.2) is 0 Å². The zero-order valence-electron chi connectivity index (χ0n) is 12.0. The summed E-state index contributed by atoms with van der Waals surface area (Å²) in [6.45, 7) is 9.40. The first kappa shape index (κ1) is 14.2. The van der Waals surface area contributed by atoms with Crippen molar-refractivity contribution in [3.8, 4) is 11.5 Å². The van der Waals surface area contributed by atoms with E-state index in [1.165, 1.54) is 5.56 Å². The molecule has 1 aliphatic rings. The Morgan fingerprint density at radius 3 is 2.63 bits per heavy atom. The van der Waals surface area contributed by atoms with Gasteiger partial charge in [0.25, 0.3) is 0 Å². The Kier molecular flexibility index (Phi) is 4.32. The van der Waals surface area contributed by atoms with E-state index in [-0.39, 0.29) is 11.5 Å². The summed E-state index contributed by atoms with van der Waals surface area (Å²) in [6.07, 6.45) is 0. The molecule has 0 saturated carbocycles. The first-order valence-corrected chi connectivity index (χ1v) is 6.85. The third-order valence-corrected chi connectivity index (χ3v) is 3.36. The van der Waals surface area contributed by atoms with Crippen molar-refractivity contribution in [1.29, 1.82) is 0 Å². The Morgan fingerprint density at radius 2 is 1.95 bits per heavy atom. The highest BCUT2D eigenvalue weighted by molar-refractivity contribution is 5.45. The van der Waals surface area contributed by atoms with Gasteiger partial charge in [0.05, 0.1) is 0 Å². The summed E-state index contributed by atoms with van der Waals surface area (Å²) in [7, 11) is 0. The number of fused-ring (bicyclic) bond motifs is 1. The van der Waals surface area contributed by atoms with E-state index < -0.39 is 0 Å². The summed E-state index contributed by atoms with van der Waals surface area (Å²) in [4.78, 5) is 0. The number of ether oxygens (including phenoxy) is 2. The molecule has 0 aliphatic carbocycles. The number of nitrogens with one attached hydrogen (secondary N) is 1. The van der Waals surface area contributed by atoms with E-state index in [9.17, 15) is 0 Å². The van der Waals surface area contributed by atoms with Crippen LogP contribution in [0.25, 0.3) is 0 Å². The fraction of sp³-hybridized carbons (Fsp3) is 0.600. The molecule has 1 atom stereocenters. The normalized spacial score (nSPS) is 16.2. The Morgan fingerprint density at radius 1 is 1.26 bits per heavy atom. The first-order valence-electron chi connectivity index (χ1n) is 6.85. The molecule has 1 aromatic carbocycles. The van der Waals surface area contributed by atoms with Crippen molar-refractivity contribution in [1.82, 2.24) is 5.32 Å². The minimum absolute atomic E-state index is 0.0325. The van der Waals surface area contributed by atoms with Crippen LogP contribution in [0.2, 0.25) is 0 Å². The number of benzene rings is 1. The lowest BCUT2D eigenvalue weighted by atomic mass is 9.84. The third-order valence-electron chi connectivity index (χ3n) is 3.36. The van der Waals surface area contributed by atoms with Crippen LogP contribution >= 0.6 is 0 Å². The van der Waals surface area contributed by atoms with Gasteiger partial charge >= 0.3 is 0 Å². The Balaban J connectivity index is 2.07. The van der Waals surface area contributed by atoms with Gasteiger partial charge < -0.3 is 20.5 Å². The van der Waals surface area contributed by atoms with E-state index in [1.54, 1.807) is 0 Å². The molecule has 0 saturated heterocycles. The average molecular weight is 264 g/mol. The average Bonchev–Trinajstić information content (AvgIpc) is 2.37. The zero-order valence-corrected chi connectivity index (χ0v) is 12.0. The molecule has 19 heavy (non-hydrogen) atoms. The van der Waals surface area contributed by atoms with Gasteiger partial charge in [-0.15, -0.1) is 0 Å². The Labute approximate surface area is 115 Å². The standard InChI is InChI=1S/C15H24N2O2/c1-11(16)9-17-10-15(2,3)12-4-5-13-14(8-12)19-7-6-18-13/h4-5,8,11,17H,6-7,9-10,16H2,1-3H3. The summed E-state index contributed by atoms with van der Waals surface area (Å²) in [5.74, 6) is 1.69. The van der Waals surface area contributed by atoms with Crippen molar-refractivity contribution in [3.05, 3.63) is 23.8 Å². The van der Waals surface area contributed by atoms with Crippen molar-refractivity contribution in [2.24, 2.45) is 5.73 Å². The Bertz CT molecular complexity index is 430. The van der Waals surface area contributed by atoms with Gasteiger partial charge in [-0.2, -0.15) is 0 Å². The first-order chi connectivity index (χ1) is 8.99. The molecule has 0 bridgehead atoms. The molecular weight excluding hydrogens is 240 g/mol. The van der Waals surface area contributed by atoms with Crippen LogP contribution in [-0.4, -0.2) is 32.3 Å². The molecule has 4 nitrogen and oxygen atoms in total. The van der Waals surface area contributed by atoms with Crippen LogP contribution in [-0.2, 0) is 5.41 Å². The Hall–Kier alpha value is -1.26. The van der Waals surface area contributed by atoms with Gasteiger partial charge in [-0.05, 0) is 24.6 Å². The predicted molar refractivity (Wildman–Crippen MR) is 77.0 cm³/mol. The monoisotopic (exact) mass is 264 g/mol. The van der Waals surface area contributed by atoms with Crippen LogP contribution in [0.1, 0.15) is 26.3 Å². The van der Waals surface area contributed by atoms with E-state index in [0.29, 0.717) is 13.2 Å². The lowest BCUT2D eigenvalue weighted by Gasteiger charge is -2.28. The van der Waals surface area contributed by atoms with Gasteiger partial charge in [-0.1, -0.05) is 19.9 Å². The smallest absolute Gasteiger partial charge is 0.161 e. The fourth-order valence-electron chi connectivity index (χ4n) is 2.18. The highest BCUT2D eigenvalue weighted by Gasteiger charge is 2.23. The van der Waals surface area contributed by atoms with Crippen LogP contribution in [0.4, 0.5) is 0 Å². The number of rotatable bonds is 5. The quantitative estimate of drug-likeness (QED) is 0.849. The van der Waals surface area contributed by atoms with Crippen LogP contribution in [0.15, 0.2) is 18.2 Å². The molecule has 0 spiro atoms. The molecule has 1 aromatic rings. The molecule has 4 heteroatoms. The molecule has 0 amide bonds. The van der Waals surface area contributed by atoms with E-state index in [1.807, 2.05) is 13.0 Å². The van der Waals surface area contributed by atoms with Gasteiger partial charge in [0.15, 0.2) is 11.5 Å². The van der Waals surface area contributed by atoms with Crippen molar-refractivity contribution >= 4 is 0 Å². The molecule has 1 aliphatic heterocycles. The topological polar surface area (TPSA) is 56.5 Å². The lowest BCUT2D eigenvalue weighted by molar-refractivity contribution is 0.171. The van der Waals surface area contributed by atoms with Gasteiger partial charge in [0, 0.05) is 24.5 Å². The molecule has 3 N–H and O–H groups in total. The highest BCUT2D eigenvalue weighted by atomic mass is 16.6. The van der Waals surface area contributed by atoms with Crippen LogP contribution < -0.4 is 20.5 Å². The minimum Gasteiger partial charge on any atom is -0.486 e. The molecular formula is C15H24N2O2. The molecule has 0 fully saturated rings. The molecule has 1 heterocycles. The van der Waals surface area contributed by atoms with Crippen molar-refractivity contribution in [2.45, 2.75) is 32.2 Å². The molecule has 0 radical (unpaired) electrons. The zero-order chi connectivity index (χ0) is 13.9. The molecule has 1 unspecified atom stereocenters. The SMILES string of the molecule is CC(N)CNCC(C)(C)c1ccc2c(c1)OCCO2. The predicted octanol–water partition coefficient (Wildman–Crippen LogP) is 1.67. The summed E-state index contributed by atoms with van der Waals surface area (Å²) in [5, 5.41) is 3.41. The van der Waals surface area contributed by atoms with E-state index in [0.717, 1.165) is 24.6 Å². The second-order valence-corrected chi connectivity index (χ2v) is 5.85. The van der Waals surface area contributed by atoms with Crippen molar-refractivity contribution in [2.75, 3.05) is 26.3 Å². The maximum atomic E-state index is 5.75. The van der Waals surface area contributed by atoms with E-state index in [4.69, 9.17) is 15.2 Å². The second-order valence-electron chi connectivity index (χ2n) is 5.85. The van der Waals surface area contributed by atoms with E-state index >= 15 is 0 Å². The lowest BCUT2D eigenvalue weighted by Crippen LogP contribution is -2.39. The van der Waals surface area contributed by atoms with Crippen LogP contribution in [0, 0.1) is 0 Å². The van der Waals surface area contributed by atoms with Crippen molar-refractivity contribution < 1.29 is 9.47 Å². The molecule has 0 aromatic heterocycles. The number of hydrogen-bond donors (Lipinski definition) is 2. The summed E-state index contributed by atoms with van der Waals surface area (Å²) >= 11 is 0. The fourth-order valence-corrected chi connectivity index (χ4v) is 2.18.